The van der Waals surface area contributed by atoms with Gasteiger partial charge >= 0.3 is 0 Å². The van der Waals surface area contributed by atoms with E-state index < -0.39 is 10.0 Å². The molecule has 120 valence electrons. The standard InChI is InChI=1S/C13H22BrN3O2S2/c1-10(17-5-3-4-6-17)8-16-21(18,19)12-7-11(9-15-2)20-13(12)14/h7,10,15-16H,3-6,8-9H2,1-2H3. The summed E-state index contributed by atoms with van der Waals surface area (Å²) in [5, 5.41) is 3.03. The molecule has 1 aromatic heterocycles. The van der Waals surface area contributed by atoms with Crippen LogP contribution in [0, 0.1) is 0 Å². The van der Waals surface area contributed by atoms with Crippen molar-refractivity contribution in [3.05, 3.63) is 14.7 Å². The van der Waals surface area contributed by atoms with Crippen LogP contribution in [0.4, 0.5) is 0 Å². The molecule has 1 aliphatic heterocycles. The Labute approximate surface area is 139 Å². The average molecular weight is 396 g/mol. The van der Waals surface area contributed by atoms with Crippen LogP contribution in [0.15, 0.2) is 14.7 Å². The molecular weight excluding hydrogens is 374 g/mol. The molecule has 1 aliphatic rings. The van der Waals surface area contributed by atoms with Gasteiger partial charge in [0.05, 0.1) is 3.79 Å². The first-order valence-electron chi connectivity index (χ1n) is 7.10. The largest absolute Gasteiger partial charge is 0.315 e. The molecule has 0 bridgehead atoms. The fourth-order valence-corrected chi connectivity index (χ4v) is 6.28. The fraction of sp³-hybridized carbons (Fsp3) is 0.692. The highest BCUT2D eigenvalue weighted by Gasteiger charge is 2.23. The van der Waals surface area contributed by atoms with Crippen molar-refractivity contribution >= 4 is 37.3 Å². The maximum absolute atomic E-state index is 12.4. The third kappa shape index (κ3) is 4.49. The lowest BCUT2D eigenvalue weighted by Crippen LogP contribution is -2.40. The van der Waals surface area contributed by atoms with Gasteiger partial charge in [-0.2, -0.15) is 0 Å². The van der Waals surface area contributed by atoms with Gasteiger partial charge in [0, 0.05) is 24.0 Å². The number of sulfonamides is 1. The van der Waals surface area contributed by atoms with E-state index in [9.17, 15) is 8.42 Å². The molecule has 2 heterocycles. The fourth-order valence-electron chi connectivity index (χ4n) is 2.46. The molecule has 0 aliphatic carbocycles. The van der Waals surface area contributed by atoms with E-state index in [2.05, 4.69) is 37.8 Å². The molecule has 5 nitrogen and oxygen atoms in total. The second-order valence-corrected chi connectivity index (χ2v) is 9.52. The number of hydrogen-bond donors (Lipinski definition) is 2. The quantitative estimate of drug-likeness (QED) is 0.740. The average Bonchev–Trinajstić information content (AvgIpc) is 3.06. The minimum Gasteiger partial charge on any atom is -0.315 e. The monoisotopic (exact) mass is 395 g/mol. The maximum Gasteiger partial charge on any atom is 0.242 e. The van der Waals surface area contributed by atoms with E-state index in [-0.39, 0.29) is 6.04 Å². The molecule has 1 aromatic rings. The van der Waals surface area contributed by atoms with Crippen molar-refractivity contribution in [3.8, 4) is 0 Å². The zero-order valence-electron chi connectivity index (χ0n) is 12.4. The smallest absolute Gasteiger partial charge is 0.242 e. The van der Waals surface area contributed by atoms with E-state index in [1.165, 1.54) is 24.2 Å². The van der Waals surface area contributed by atoms with Crippen LogP contribution in [-0.2, 0) is 16.6 Å². The molecule has 2 rings (SSSR count). The van der Waals surface area contributed by atoms with Crippen molar-refractivity contribution in [3.63, 3.8) is 0 Å². The highest BCUT2D eigenvalue weighted by atomic mass is 79.9. The summed E-state index contributed by atoms with van der Waals surface area (Å²) in [7, 11) is -1.61. The van der Waals surface area contributed by atoms with E-state index >= 15 is 0 Å². The molecule has 1 fully saturated rings. The molecule has 0 aromatic carbocycles. The first-order valence-corrected chi connectivity index (χ1v) is 10.2. The van der Waals surface area contributed by atoms with Crippen LogP contribution >= 0.6 is 27.3 Å². The van der Waals surface area contributed by atoms with Gasteiger partial charge in [0.2, 0.25) is 10.0 Å². The van der Waals surface area contributed by atoms with E-state index in [0.717, 1.165) is 18.0 Å². The van der Waals surface area contributed by atoms with E-state index in [0.29, 0.717) is 21.8 Å². The minimum atomic E-state index is -3.45. The summed E-state index contributed by atoms with van der Waals surface area (Å²) in [6, 6.07) is 1.96. The Morgan fingerprint density at radius 3 is 2.71 bits per heavy atom. The van der Waals surface area contributed by atoms with Crippen LogP contribution < -0.4 is 10.0 Å². The van der Waals surface area contributed by atoms with Crippen molar-refractivity contribution < 1.29 is 8.42 Å². The van der Waals surface area contributed by atoms with Crippen molar-refractivity contribution in [2.24, 2.45) is 0 Å². The van der Waals surface area contributed by atoms with Gasteiger partial charge in [0.1, 0.15) is 4.90 Å². The van der Waals surface area contributed by atoms with Gasteiger partial charge in [0.15, 0.2) is 0 Å². The molecule has 0 radical (unpaired) electrons. The zero-order valence-corrected chi connectivity index (χ0v) is 15.6. The third-order valence-electron chi connectivity index (χ3n) is 3.68. The predicted molar refractivity (Wildman–Crippen MR) is 90.2 cm³/mol. The summed E-state index contributed by atoms with van der Waals surface area (Å²) in [5.41, 5.74) is 0. The van der Waals surface area contributed by atoms with Crippen LogP contribution in [0.2, 0.25) is 0 Å². The second-order valence-electron chi connectivity index (χ2n) is 5.32. The first kappa shape index (κ1) is 17.4. The number of rotatable bonds is 7. The van der Waals surface area contributed by atoms with Crippen LogP contribution in [0.3, 0.4) is 0 Å². The van der Waals surface area contributed by atoms with Gasteiger partial charge in [-0.3, -0.25) is 4.90 Å². The normalized spacial score (nSPS) is 18.2. The Bertz CT molecular complexity index is 568. The van der Waals surface area contributed by atoms with E-state index in [1.54, 1.807) is 6.07 Å². The van der Waals surface area contributed by atoms with Crippen molar-refractivity contribution in [1.29, 1.82) is 0 Å². The third-order valence-corrected chi connectivity index (χ3v) is 7.36. The lowest BCUT2D eigenvalue weighted by atomic mass is 10.3. The summed E-state index contributed by atoms with van der Waals surface area (Å²) in [5.74, 6) is 0. The summed E-state index contributed by atoms with van der Waals surface area (Å²) in [6.45, 7) is 5.33. The zero-order chi connectivity index (χ0) is 15.5. The van der Waals surface area contributed by atoms with Crippen LogP contribution in [0.1, 0.15) is 24.6 Å². The summed E-state index contributed by atoms with van der Waals surface area (Å²) in [6.07, 6.45) is 2.42. The molecule has 0 saturated carbocycles. The number of nitrogens with zero attached hydrogens (tertiary/aromatic N) is 1. The molecule has 0 spiro atoms. The van der Waals surface area contributed by atoms with Gasteiger partial charge in [-0.15, -0.1) is 11.3 Å². The second kappa shape index (κ2) is 7.52. The first-order chi connectivity index (χ1) is 9.94. The topological polar surface area (TPSA) is 61.4 Å². The van der Waals surface area contributed by atoms with E-state index in [1.807, 2.05) is 7.05 Å². The van der Waals surface area contributed by atoms with E-state index in [4.69, 9.17) is 0 Å². The molecule has 8 heteroatoms. The van der Waals surface area contributed by atoms with Gasteiger partial charge in [-0.25, -0.2) is 13.1 Å². The lowest BCUT2D eigenvalue weighted by Gasteiger charge is -2.23. The number of thiophene rings is 1. The molecule has 1 atom stereocenters. The molecule has 21 heavy (non-hydrogen) atoms. The number of likely N-dealkylation sites (tertiary alicyclic amines) is 1. The lowest BCUT2D eigenvalue weighted by molar-refractivity contribution is 0.260. The summed E-state index contributed by atoms with van der Waals surface area (Å²) < 4.78 is 28.2. The molecule has 2 N–H and O–H groups in total. The highest BCUT2D eigenvalue weighted by Crippen LogP contribution is 2.31. The Balaban J connectivity index is 2.00. The van der Waals surface area contributed by atoms with Crippen LogP contribution in [0.25, 0.3) is 0 Å². The number of hydrogen-bond acceptors (Lipinski definition) is 5. The molecule has 0 amide bonds. The van der Waals surface area contributed by atoms with Gasteiger partial charge in [-0.05, 0) is 61.9 Å². The van der Waals surface area contributed by atoms with Crippen molar-refractivity contribution in [2.75, 3.05) is 26.7 Å². The van der Waals surface area contributed by atoms with Crippen molar-refractivity contribution in [1.82, 2.24) is 14.9 Å². The minimum absolute atomic E-state index is 0.233. The molecular formula is C13H22BrN3O2S2. The summed E-state index contributed by atoms with van der Waals surface area (Å²) in [4.78, 5) is 3.67. The maximum atomic E-state index is 12.4. The number of halogens is 1. The Morgan fingerprint density at radius 1 is 1.43 bits per heavy atom. The molecule has 1 unspecified atom stereocenters. The van der Waals surface area contributed by atoms with Crippen LogP contribution in [0.5, 0.6) is 0 Å². The summed E-state index contributed by atoms with van der Waals surface area (Å²) >= 11 is 4.81. The Hall–Kier alpha value is 0.01000. The highest BCUT2D eigenvalue weighted by molar-refractivity contribution is 9.11. The van der Waals surface area contributed by atoms with Gasteiger partial charge in [-0.1, -0.05) is 0 Å². The number of nitrogens with one attached hydrogen (secondary N) is 2. The van der Waals surface area contributed by atoms with Gasteiger partial charge < -0.3 is 5.32 Å². The van der Waals surface area contributed by atoms with Crippen molar-refractivity contribution in [2.45, 2.75) is 37.2 Å². The van der Waals surface area contributed by atoms with Crippen LogP contribution in [-0.4, -0.2) is 46.0 Å². The Morgan fingerprint density at radius 2 is 2.10 bits per heavy atom. The molecule has 1 saturated heterocycles. The SMILES string of the molecule is CNCc1cc(S(=O)(=O)NCC(C)N2CCCC2)c(Br)s1. The predicted octanol–water partition coefficient (Wildman–Crippen LogP) is 1.99. The van der Waals surface area contributed by atoms with Gasteiger partial charge in [0.25, 0.3) is 0 Å². The Kier molecular flexibility index (Phi) is 6.22.